The quantitative estimate of drug-likeness (QED) is 0.800. The maximum absolute atomic E-state index is 14.0. The Morgan fingerprint density at radius 2 is 1.74 bits per heavy atom. The van der Waals surface area contributed by atoms with Crippen LogP contribution < -0.4 is 0 Å². The van der Waals surface area contributed by atoms with Crippen LogP contribution >= 0.6 is 0 Å². The van der Waals surface area contributed by atoms with E-state index in [4.69, 9.17) is 0 Å². The van der Waals surface area contributed by atoms with E-state index in [2.05, 4.69) is 18.7 Å². The summed E-state index contributed by atoms with van der Waals surface area (Å²) in [5.74, 6) is 0.840. The van der Waals surface area contributed by atoms with Gasteiger partial charge in [-0.1, -0.05) is 32.0 Å². The number of carbonyl (C=O) groups is 2. The molecule has 4 heteroatoms. The topological polar surface area (TPSA) is 40.6 Å². The van der Waals surface area contributed by atoms with E-state index in [-0.39, 0.29) is 22.6 Å². The normalized spacial score (nSPS) is 39.9. The average Bonchev–Trinajstić information content (AvgIpc) is 3.17. The molecule has 4 bridgehead atoms. The molecule has 4 nitrogen and oxygen atoms in total. The molecule has 2 heterocycles. The number of hydrogen-bond acceptors (Lipinski definition) is 2. The van der Waals surface area contributed by atoms with Gasteiger partial charge in [-0.3, -0.25) is 9.59 Å². The number of nitrogens with zero attached hydrogens (tertiary/aromatic N) is 2. The minimum absolute atomic E-state index is 0.0382. The van der Waals surface area contributed by atoms with E-state index in [9.17, 15) is 9.59 Å². The Hall–Kier alpha value is -1.84. The van der Waals surface area contributed by atoms with Gasteiger partial charge in [0, 0.05) is 30.6 Å². The summed E-state index contributed by atoms with van der Waals surface area (Å²) in [7, 11) is 0. The van der Waals surface area contributed by atoms with Crippen molar-refractivity contribution in [3.8, 4) is 0 Å². The maximum Gasteiger partial charge on any atom is 0.254 e. The molecule has 0 radical (unpaired) electrons. The van der Waals surface area contributed by atoms with E-state index in [1.165, 1.54) is 12.8 Å². The molecular weight excluding hydrogens is 336 g/mol. The third-order valence-electron chi connectivity index (χ3n) is 8.82. The molecule has 144 valence electrons. The summed E-state index contributed by atoms with van der Waals surface area (Å²) < 4.78 is 0. The molecule has 2 saturated carbocycles. The summed E-state index contributed by atoms with van der Waals surface area (Å²) in [4.78, 5) is 31.6. The largest absolute Gasteiger partial charge is 0.341 e. The number of carbonyl (C=O) groups excluding carboxylic acids is 2. The van der Waals surface area contributed by atoms with Gasteiger partial charge in [0.25, 0.3) is 5.91 Å². The third-order valence-corrected chi connectivity index (χ3v) is 8.82. The highest BCUT2D eigenvalue weighted by molar-refractivity contribution is 6.01. The lowest BCUT2D eigenvalue weighted by Gasteiger charge is -2.49. The van der Waals surface area contributed by atoms with E-state index in [1.54, 1.807) is 0 Å². The van der Waals surface area contributed by atoms with Crippen LogP contribution in [0.1, 0.15) is 62.7 Å². The fourth-order valence-electron chi connectivity index (χ4n) is 7.06. The molecule has 2 amide bonds. The van der Waals surface area contributed by atoms with Crippen LogP contribution in [0.25, 0.3) is 0 Å². The molecule has 4 aliphatic rings. The van der Waals surface area contributed by atoms with Crippen LogP contribution in [0.15, 0.2) is 30.3 Å². The van der Waals surface area contributed by atoms with Crippen LogP contribution in [0.2, 0.25) is 0 Å². The van der Waals surface area contributed by atoms with Gasteiger partial charge >= 0.3 is 0 Å². The summed E-state index contributed by atoms with van der Waals surface area (Å²) in [6, 6.07) is 9.53. The van der Waals surface area contributed by atoms with Crippen molar-refractivity contribution >= 4 is 11.8 Å². The summed E-state index contributed by atoms with van der Waals surface area (Å²) >= 11 is 0. The van der Waals surface area contributed by atoms with Crippen LogP contribution in [0.4, 0.5) is 0 Å². The highest BCUT2D eigenvalue weighted by Gasteiger charge is 2.81. The Morgan fingerprint density at radius 1 is 1.04 bits per heavy atom. The van der Waals surface area contributed by atoms with Crippen LogP contribution in [0.5, 0.6) is 0 Å². The van der Waals surface area contributed by atoms with E-state index in [0.717, 1.165) is 45.3 Å². The molecule has 2 aliphatic heterocycles. The molecule has 2 saturated heterocycles. The highest BCUT2D eigenvalue weighted by Crippen LogP contribution is 2.76. The monoisotopic (exact) mass is 366 g/mol. The van der Waals surface area contributed by atoms with Crippen molar-refractivity contribution in [3.63, 3.8) is 0 Å². The lowest BCUT2D eigenvalue weighted by atomic mass is 9.65. The smallest absolute Gasteiger partial charge is 0.254 e. The number of likely N-dealkylation sites (tertiary alicyclic amines) is 2. The first-order valence-corrected chi connectivity index (χ1v) is 10.6. The molecule has 1 aromatic carbocycles. The van der Waals surface area contributed by atoms with Crippen molar-refractivity contribution in [3.05, 3.63) is 35.9 Å². The first kappa shape index (κ1) is 17.3. The lowest BCUT2D eigenvalue weighted by molar-refractivity contribution is -0.149. The Morgan fingerprint density at radius 3 is 2.41 bits per heavy atom. The van der Waals surface area contributed by atoms with Crippen molar-refractivity contribution in [2.45, 2.75) is 57.9 Å². The molecule has 5 rings (SSSR count). The lowest BCUT2D eigenvalue weighted by Crippen LogP contribution is -2.65. The Labute approximate surface area is 161 Å². The maximum atomic E-state index is 14.0. The zero-order valence-corrected chi connectivity index (χ0v) is 16.5. The predicted octanol–water partition coefficient (Wildman–Crippen LogP) is 3.72. The minimum atomic E-state index is -0.644. The number of piperidine rings is 2. The van der Waals surface area contributed by atoms with Gasteiger partial charge in [0.1, 0.15) is 5.54 Å². The van der Waals surface area contributed by atoms with Crippen molar-refractivity contribution in [1.29, 1.82) is 0 Å². The molecule has 2 aliphatic carbocycles. The minimum Gasteiger partial charge on any atom is -0.341 e. The molecule has 4 unspecified atom stereocenters. The second kappa shape index (κ2) is 5.59. The molecule has 27 heavy (non-hydrogen) atoms. The second-order valence-electron chi connectivity index (χ2n) is 9.66. The van der Waals surface area contributed by atoms with E-state index in [1.807, 2.05) is 35.2 Å². The first-order chi connectivity index (χ1) is 12.9. The first-order valence-electron chi connectivity index (χ1n) is 10.6. The van der Waals surface area contributed by atoms with Gasteiger partial charge in [-0.25, -0.2) is 0 Å². The SMILES string of the molecule is CC12CN(C(=O)c3ccccc3)C3(C(=O)N4CCCCC4)CC1CCC23C. The van der Waals surface area contributed by atoms with Gasteiger partial charge in [0.05, 0.1) is 0 Å². The molecule has 4 atom stereocenters. The third kappa shape index (κ3) is 1.94. The van der Waals surface area contributed by atoms with Crippen molar-refractivity contribution in [2.75, 3.05) is 19.6 Å². The highest BCUT2D eigenvalue weighted by atomic mass is 16.2. The number of benzene rings is 1. The van der Waals surface area contributed by atoms with Crippen molar-refractivity contribution < 1.29 is 9.59 Å². The Kier molecular flexibility index (Phi) is 3.57. The predicted molar refractivity (Wildman–Crippen MR) is 104 cm³/mol. The molecule has 4 fully saturated rings. The second-order valence-corrected chi connectivity index (χ2v) is 9.66. The fraction of sp³-hybridized carbons (Fsp3) is 0.652. The van der Waals surface area contributed by atoms with Crippen molar-refractivity contribution in [2.24, 2.45) is 16.7 Å². The fourth-order valence-corrected chi connectivity index (χ4v) is 7.06. The van der Waals surface area contributed by atoms with Crippen LogP contribution in [-0.2, 0) is 4.79 Å². The Bertz CT molecular complexity index is 787. The number of amides is 2. The molecule has 0 N–H and O–H groups in total. The van der Waals surface area contributed by atoms with Gasteiger partial charge < -0.3 is 9.80 Å². The molecule has 0 aromatic heterocycles. The zero-order valence-electron chi connectivity index (χ0n) is 16.5. The van der Waals surface area contributed by atoms with Crippen LogP contribution in [-0.4, -0.2) is 46.8 Å². The summed E-state index contributed by atoms with van der Waals surface area (Å²) in [5, 5.41) is 0. The number of hydrogen-bond donors (Lipinski definition) is 0. The standard InChI is InChI=1S/C23H30N2O2/c1-21-16-25(19(26)17-9-5-3-6-10-17)23(15-18(21)11-12-22(21,23)2)20(27)24-13-7-4-8-14-24/h3,5-6,9-10,18H,4,7-8,11-16H2,1-2H3. The summed E-state index contributed by atoms with van der Waals surface area (Å²) in [6.45, 7) is 7.08. The average molecular weight is 367 g/mol. The summed E-state index contributed by atoms with van der Waals surface area (Å²) in [6.07, 6.45) is 6.51. The van der Waals surface area contributed by atoms with Gasteiger partial charge in [0.2, 0.25) is 5.91 Å². The van der Waals surface area contributed by atoms with E-state index < -0.39 is 5.54 Å². The molecular formula is C23H30N2O2. The molecule has 0 spiro atoms. The molecule has 1 aromatic rings. The van der Waals surface area contributed by atoms with Gasteiger partial charge in [0.15, 0.2) is 0 Å². The number of rotatable bonds is 2. The van der Waals surface area contributed by atoms with Gasteiger partial charge in [-0.05, 0) is 62.0 Å². The van der Waals surface area contributed by atoms with Crippen LogP contribution in [0.3, 0.4) is 0 Å². The zero-order chi connectivity index (χ0) is 18.9. The van der Waals surface area contributed by atoms with Gasteiger partial charge in [-0.2, -0.15) is 0 Å². The summed E-state index contributed by atoms with van der Waals surface area (Å²) in [5.41, 5.74) is 0.0144. The van der Waals surface area contributed by atoms with Gasteiger partial charge in [-0.15, -0.1) is 0 Å². The van der Waals surface area contributed by atoms with Crippen molar-refractivity contribution in [1.82, 2.24) is 9.80 Å². The van der Waals surface area contributed by atoms with Crippen LogP contribution in [0, 0.1) is 16.7 Å². The Balaban J connectivity index is 1.60. The van der Waals surface area contributed by atoms with E-state index in [0.29, 0.717) is 11.5 Å². The van der Waals surface area contributed by atoms with E-state index >= 15 is 0 Å².